The zero-order valence-corrected chi connectivity index (χ0v) is 11.7. The Morgan fingerprint density at radius 2 is 1.77 bits per heavy atom. The molecule has 2 aromatic carbocycles. The number of phenols is 1. The SMILES string of the molecule is Oc1ccc2c(c1)c(-c1cccnc1)nn2-c1ccccc1. The van der Waals surface area contributed by atoms with Crippen molar-refractivity contribution in [1.82, 2.24) is 14.8 Å². The number of hydrogen-bond donors (Lipinski definition) is 1. The molecule has 0 aliphatic rings. The van der Waals surface area contributed by atoms with Crippen LogP contribution in [-0.4, -0.2) is 19.9 Å². The van der Waals surface area contributed by atoms with E-state index in [4.69, 9.17) is 5.10 Å². The third kappa shape index (κ3) is 2.02. The van der Waals surface area contributed by atoms with Crippen LogP contribution in [0, 0.1) is 0 Å². The molecule has 0 unspecified atom stereocenters. The second-order valence-corrected chi connectivity index (χ2v) is 5.04. The van der Waals surface area contributed by atoms with Gasteiger partial charge in [-0.25, -0.2) is 4.68 Å². The highest BCUT2D eigenvalue weighted by molar-refractivity contribution is 5.95. The molecule has 0 radical (unpaired) electrons. The van der Waals surface area contributed by atoms with Crippen LogP contribution in [0.3, 0.4) is 0 Å². The van der Waals surface area contributed by atoms with Crippen LogP contribution in [0.1, 0.15) is 0 Å². The van der Waals surface area contributed by atoms with Crippen molar-refractivity contribution in [2.75, 3.05) is 0 Å². The lowest BCUT2D eigenvalue weighted by atomic mass is 10.1. The Balaban J connectivity index is 2.04. The van der Waals surface area contributed by atoms with E-state index in [2.05, 4.69) is 4.98 Å². The Morgan fingerprint density at radius 3 is 2.55 bits per heavy atom. The minimum Gasteiger partial charge on any atom is -0.508 e. The summed E-state index contributed by atoms with van der Waals surface area (Å²) in [4.78, 5) is 4.16. The number of aromatic nitrogens is 3. The van der Waals surface area contributed by atoms with Crippen molar-refractivity contribution in [3.8, 4) is 22.7 Å². The normalized spacial score (nSPS) is 10.9. The van der Waals surface area contributed by atoms with E-state index in [-0.39, 0.29) is 5.75 Å². The predicted octanol–water partition coefficient (Wildman–Crippen LogP) is 3.79. The lowest BCUT2D eigenvalue weighted by Crippen LogP contribution is -1.95. The number of rotatable bonds is 2. The summed E-state index contributed by atoms with van der Waals surface area (Å²) < 4.78 is 1.89. The van der Waals surface area contributed by atoms with Crippen molar-refractivity contribution in [2.45, 2.75) is 0 Å². The maximum atomic E-state index is 9.83. The number of fused-ring (bicyclic) bond motifs is 1. The number of para-hydroxylation sites is 1. The van der Waals surface area contributed by atoms with E-state index >= 15 is 0 Å². The maximum Gasteiger partial charge on any atom is 0.116 e. The molecule has 0 atom stereocenters. The summed E-state index contributed by atoms with van der Waals surface area (Å²) in [6.45, 7) is 0. The van der Waals surface area contributed by atoms with Gasteiger partial charge in [-0.1, -0.05) is 18.2 Å². The van der Waals surface area contributed by atoms with Crippen LogP contribution in [0.4, 0.5) is 0 Å². The quantitative estimate of drug-likeness (QED) is 0.610. The van der Waals surface area contributed by atoms with Crippen molar-refractivity contribution in [3.05, 3.63) is 73.1 Å². The van der Waals surface area contributed by atoms with Gasteiger partial charge < -0.3 is 5.11 Å². The zero-order valence-electron chi connectivity index (χ0n) is 11.7. The molecule has 0 amide bonds. The third-order valence-corrected chi connectivity index (χ3v) is 3.60. The van der Waals surface area contributed by atoms with Gasteiger partial charge in [-0.2, -0.15) is 5.10 Å². The molecule has 0 saturated carbocycles. The number of phenolic OH excluding ortho intramolecular Hbond substituents is 1. The van der Waals surface area contributed by atoms with Gasteiger partial charge in [-0.05, 0) is 42.5 Å². The molecule has 0 aliphatic carbocycles. The molecular formula is C18H13N3O. The van der Waals surface area contributed by atoms with E-state index in [0.29, 0.717) is 0 Å². The molecule has 0 spiro atoms. The molecule has 4 heteroatoms. The number of pyridine rings is 1. The van der Waals surface area contributed by atoms with Crippen LogP contribution < -0.4 is 0 Å². The van der Waals surface area contributed by atoms with E-state index in [1.54, 1.807) is 24.5 Å². The van der Waals surface area contributed by atoms with Crippen LogP contribution in [0.2, 0.25) is 0 Å². The summed E-state index contributed by atoms with van der Waals surface area (Å²) in [5.74, 6) is 0.227. The average Bonchev–Trinajstić information content (AvgIpc) is 2.95. The average molecular weight is 287 g/mol. The van der Waals surface area contributed by atoms with Crippen molar-refractivity contribution < 1.29 is 5.11 Å². The van der Waals surface area contributed by atoms with Crippen molar-refractivity contribution in [1.29, 1.82) is 0 Å². The molecular weight excluding hydrogens is 274 g/mol. The maximum absolute atomic E-state index is 9.83. The second-order valence-electron chi connectivity index (χ2n) is 5.04. The molecule has 106 valence electrons. The first-order chi connectivity index (χ1) is 10.8. The van der Waals surface area contributed by atoms with Crippen LogP contribution in [0.5, 0.6) is 5.75 Å². The Labute approximate surface area is 127 Å². The summed E-state index contributed by atoms with van der Waals surface area (Å²) in [6.07, 6.45) is 3.51. The summed E-state index contributed by atoms with van der Waals surface area (Å²) in [5.41, 5.74) is 3.66. The van der Waals surface area contributed by atoms with Gasteiger partial charge in [0.05, 0.1) is 11.2 Å². The standard InChI is InChI=1S/C18H13N3O/c22-15-8-9-17-16(11-15)18(13-5-4-10-19-12-13)20-21(17)14-6-2-1-3-7-14/h1-12,22H. The minimum absolute atomic E-state index is 0.227. The first-order valence-corrected chi connectivity index (χ1v) is 7.00. The summed E-state index contributed by atoms with van der Waals surface area (Å²) >= 11 is 0. The molecule has 0 bridgehead atoms. The van der Waals surface area contributed by atoms with Gasteiger partial charge in [-0.15, -0.1) is 0 Å². The number of benzene rings is 2. The molecule has 4 rings (SSSR count). The topological polar surface area (TPSA) is 50.9 Å². The van der Waals surface area contributed by atoms with Crippen LogP contribution in [0.15, 0.2) is 73.1 Å². The summed E-state index contributed by atoms with van der Waals surface area (Å²) in [7, 11) is 0. The Bertz CT molecular complexity index is 931. The highest BCUT2D eigenvalue weighted by Gasteiger charge is 2.14. The first kappa shape index (κ1) is 12.6. The molecule has 0 aliphatic heterocycles. The predicted molar refractivity (Wildman–Crippen MR) is 86.0 cm³/mol. The largest absolute Gasteiger partial charge is 0.508 e. The third-order valence-electron chi connectivity index (χ3n) is 3.60. The van der Waals surface area contributed by atoms with Crippen molar-refractivity contribution in [2.24, 2.45) is 0 Å². The number of aromatic hydroxyl groups is 1. The van der Waals surface area contributed by atoms with E-state index in [0.717, 1.165) is 27.8 Å². The fourth-order valence-corrected chi connectivity index (χ4v) is 2.59. The number of nitrogens with zero attached hydrogens (tertiary/aromatic N) is 3. The van der Waals surface area contributed by atoms with Crippen molar-refractivity contribution in [3.63, 3.8) is 0 Å². The Kier molecular flexibility index (Phi) is 2.86. The molecule has 2 aromatic heterocycles. The Morgan fingerprint density at radius 1 is 0.909 bits per heavy atom. The molecule has 4 nitrogen and oxygen atoms in total. The zero-order chi connectivity index (χ0) is 14.9. The monoisotopic (exact) mass is 287 g/mol. The van der Waals surface area contributed by atoms with Gasteiger partial charge >= 0.3 is 0 Å². The summed E-state index contributed by atoms with van der Waals surface area (Å²) in [5, 5.41) is 15.5. The number of hydrogen-bond acceptors (Lipinski definition) is 3. The Hall–Kier alpha value is -3.14. The van der Waals surface area contributed by atoms with Gasteiger partial charge in [0.15, 0.2) is 0 Å². The highest BCUT2D eigenvalue weighted by Crippen LogP contribution is 2.31. The fraction of sp³-hybridized carbons (Fsp3) is 0. The smallest absolute Gasteiger partial charge is 0.116 e. The fourth-order valence-electron chi connectivity index (χ4n) is 2.59. The van der Waals surface area contributed by atoms with Crippen LogP contribution in [0.25, 0.3) is 27.8 Å². The van der Waals surface area contributed by atoms with E-state index in [1.165, 1.54) is 0 Å². The van der Waals surface area contributed by atoms with E-state index < -0.39 is 0 Å². The van der Waals surface area contributed by atoms with E-state index in [9.17, 15) is 5.11 Å². The molecule has 4 aromatic rings. The van der Waals surface area contributed by atoms with Gasteiger partial charge in [0.2, 0.25) is 0 Å². The van der Waals surface area contributed by atoms with Crippen LogP contribution in [-0.2, 0) is 0 Å². The highest BCUT2D eigenvalue weighted by atomic mass is 16.3. The van der Waals surface area contributed by atoms with Crippen LogP contribution >= 0.6 is 0 Å². The lowest BCUT2D eigenvalue weighted by Gasteiger charge is -2.02. The molecule has 0 saturated heterocycles. The van der Waals surface area contributed by atoms with Crippen molar-refractivity contribution >= 4 is 10.9 Å². The molecule has 0 fully saturated rings. The molecule has 22 heavy (non-hydrogen) atoms. The van der Waals surface area contributed by atoms with Gasteiger partial charge in [-0.3, -0.25) is 4.98 Å². The summed E-state index contributed by atoms with van der Waals surface area (Å²) in [6, 6.07) is 19.1. The lowest BCUT2D eigenvalue weighted by molar-refractivity contribution is 0.476. The second kappa shape index (κ2) is 5.00. The van der Waals surface area contributed by atoms with E-state index in [1.807, 2.05) is 53.2 Å². The van der Waals surface area contributed by atoms with Gasteiger partial charge in [0.25, 0.3) is 0 Å². The molecule has 2 heterocycles. The minimum atomic E-state index is 0.227. The van der Waals surface area contributed by atoms with Gasteiger partial charge in [0.1, 0.15) is 11.4 Å². The van der Waals surface area contributed by atoms with Gasteiger partial charge in [0, 0.05) is 23.3 Å². The molecule has 1 N–H and O–H groups in total. The first-order valence-electron chi connectivity index (χ1n) is 7.00.